The Bertz CT molecular complexity index is 574. The summed E-state index contributed by atoms with van der Waals surface area (Å²) in [6, 6.07) is 4.97. The van der Waals surface area contributed by atoms with Crippen molar-refractivity contribution < 1.29 is 24.2 Å². The fourth-order valence-corrected chi connectivity index (χ4v) is 2.41. The van der Waals surface area contributed by atoms with Crippen molar-refractivity contribution in [2.45, 2.75) is 12.0 Å². The molecule has 1 aromatic carbocycles. The number of ether oxygens (including phenoxy) is 2. The number of carboxylic acid groups (broad SMARTS) is 1. The molecule has 7 heteroatoms. The molecule has 1 aliphatic heterocycles. The highest BCUT2D eigenvalue weighted by Crippen LogP contribution is 2.32. The smallest absolute Gasteiger partial charge is 0.325 e. The molecule has 0 aliphatic carbocycles. The van der Waals surface area contributed by atoms with Gasteiger partial charge in [-0.3, -0.25) is 9.59 Å². The van der Waals surface area contributed by atoms with Crippen molar-refractivity contribution in [2.24, 2.45) is 5.73 Å². The van der Waals surface area contributed by atoms with Gasteiger partial charge in [-0.05, 0) is 18.6 Å². The number of likely N-dealkylation sites (tertiary alicyclic amines) is 1. The van der Waals surface area contributed by atoms with Crippen LogP contribution >= 0.6 is 0 Å². The van der Waals surface area contributed by atoms with Gasteiger partial charge >= 0.3 is 5.97 Å². The summed E-state index contributed by atoms with van der Waals surface area (Å²) in [4.78, 5) is 25.1. The second kappa shape index (κ2) is 5.61. The van der Waals surface area contributed by atoms with Gasteiger partial charge in [-0.1, -0.05) is 6.07 Å². The highest BCUT2D eigenvalue weighted by atomic mass is 16.5. The van der Waals surface area contributed by atoms with Gasteiger partial charge in [0.25, 0.3) is 5.91 Å². The van der Waals surface area contributed by atoms with Crippen molar-refractivity contribution in [3.8, 4) is 11.5 Å². The number of methoxy groups -OCH3 is 2. The number of para-hydroxylation sites is 1. The van der Waals surface area contributed by atoms with Gasteiger partial charge in [0.05, 0.1) is 19.8 Å². The largest absolute Gasteiger partial charge is 0.493 e. The lowest BCUT2D eigenvalue weighted by molar-refractivity contribution is -0.142. The van der Waals surface area contributed by atoms with Crippen LogP contribution in [0.15, 0.2) is 18.2 Å². The number of hydrogen-bond donors (Lipinski definition) is 2. The van der Waals surface area contributed by atoms with Crippen LogP contribution in [-0.2, 0) is 4.79 Å². The van der Waals surface area contributed by atoms with E-state index < -0.39 is 11.5 Å². The van der Waals surface area contributed by atoms with E-state index in [4.69, 9.17) is 20.3 Å². The molecule has 0 saturated carbocycles. The highest BCUT2D eigenvalue weighted by molar-refractivity contribution is 5.98. The molecule has 1 aromatic rings. The molecule has 2 rings (SSSR count). The third-order valence-corrected chi connectivity index (χ3v) is 3.65. The van der Waals surface area contributed by atoms with Crippen molar-refractivity contribution in [1.29, 1.82) is 0 Å². The lowest BCUT2D eigenvalue weighted by atomic mass is 10.0. The first-order valence-electron chi connectivity index (χ1n) is 6.45. The van der Waals surface area contributed by atoms with Gasteiger partial charge in [-0.15, -0.1) is 0 Å². The Labute approximate surface area is 122 Å². The molecule has 0 aromatic heterocycles. The summed E-state index contributed by atoms with van der Waals surface area (Å²) in [6.45, 7) is 0.267. The second-order valence-corrected chi connectivity index (χ2v) is 4.98. The van der Waals surface area contributed by atoms with E-state index in [9.17, 15) is 9.59 Å². The molecular weight excluding hydrogens is 276 g/mol. The van der Waals surface area contributed by atoms with Crippen molar-refractivity contribution in [2.75, 3.05) is 27.3 Å². The molecule has 21 heavy (non-hydrogen) atoms. The van der Waals surface area contributed by atoms with Crippen LogP contribution in [-0.4, -0.2) is 54.7 Å². The summed E-state index contributed by atoms with van der Waals surface area (Å²) in [7, 11) is 2.93. The summed E-state index contributed by atoms with van der Waals surface area (Å²) >= 11 is 0. The van der Waals surface area contributed by atoms with Crippen molar-refractivity contribution in [3.05, 3.63) is 23.8 Å². The third kappa shape index (κ3) is 2.64. The van der Waals surface area contributed by atoms with Crippen LogP contribution in [0.25, 0.3) is 0 Å². The van der Waals surface area contributed by atoms with Crippen LogP contribution in [0.4, 0.5) is 0 Å². The molecule has 1 saturated heterocycles. The van der Waals surface area contributed by atoms with Crippen LogP contribution in [0.2, 0.25) is 0 Å². The van der Waals surface area contributed by atoms with E-state index in [0.29, 0.717) is 23.6 Å². The van der Waals surface area contributed by atoms with E-state index in [2.05, 4.69) is 0 Å². The molecule has 1 aliphatic rings. The Morgan fingerprint density at radius 3 is 2.57 bits per heavy atom. The first kappa shape index (κ1) is 15.1. The van der Waals surface area contributed by atoms with Gasteiger partial charge < -0.3 is 25.2 Å². The minimum Gasteiger partial charge on any atom is -0.493 e. The molecule has 0 radical (unpaired) electrons. The molecule has 1 amide bonds. The molecule has 0 spiro atoms. The van der Waals surface area contributed by atoms with Crippen molar-refractivity contribution >= 4 is 11.9 Å². The van der Waals surface area contributed by atoms with Gasteiger partial charge in [0.1, 0.15) is 5.54 Å². The first-order valence-corrected chi connectivity index (χ1v) is 6.45. The standard InChI is InChI=1S/C14H18N2O5/c1-20-10-5-3-4-9(11(10)21-2)12(17)16-7-6-14(15,8-16)13(18)19/h3-5H,6-8,15H2,1-2H3,(H,18,19). The quantitative estimate of drug-likeness (QED) is 0.829. The van der Waals surface area contributed by atoms with Gasteiger partial charge in [-0.25, -0.2) is 0 Å². The van der Waals surface area contributed by atoms with E-state index in [1.165, 1.54) is 19.1 Å². The first-order chi connectivity index (χ1) is 9.92. The van der Waals surface area contributed by atoms with Gasteiger partial charge in [0, 0.05) is 13.1 Å². The Hall–Kier alpha value is -2.28. The topological polar surface area (TPSA) is 102 Å². The van der Waals surface area contributed by atoms with Crippen molar-refractivity contribution in [1.82, 2.24) is 4.90 Å². The predicted octanol–water partition coefficient (Wildman–Crippen LogP) is 0.332. The van der Waals surface area contributed by atoms with Crippen LogP contribution in [0.3, 0.4) is 0 Å². The number of aliphatic carboxylic acids is 1. The maximum Gasteiger partial charge on any atom is 0.325 e. The normalized spacial score (nSPS) is 21.2. The molecule has 7 nitrogen and oxygen atoms in total. The van der Waals surface area contributed by atoms with E-state index in [0.717, 1.165) is 0 Å². The summed E-state index contributed by atoms with van der Waals surface area (Å²) in [5.74, 6) is -0.649. The lowest BCUT2D eigenvalue weighted by Gasteiger charge is -2.21. The van der Waals surface area contributed by atoms with E-state index in [1.54, 1.807) is 18.2 Å². The van der Waals surface area contributed by atoms with Crippen LogP contribution in [0.1, 0.15) is 16.8 Å². The molecule has 1 atom stereocenters. The van der Waals surface area contributed by atoms with Gasteiger partial charge in [0.15, 0.2) is 11.5 Å². The van der Waals surface area contributed by atoms with Gasteiger partial charge in [-0.2, -0.15) is 0 Å². The Morgan fingerprint density at radius 1 is 1.33 bits per heavy atom. The van der Waals surface area contributed by atoms with Crippen LogP contribution in [0.5, 0.6) is 11.5 Å². The summed E-state index contributed by atoms with van der Waals surface area (Å²) in [5, 5.41) is 9.12. The number of amides is 1. The number of benzene rings is 1. The number of carboxylic acids is 1. The van der Waals surface area contributed by atoms with E-state index >= 15 is 0 Å². The zero-order valence-electron chi connectivity index (χ0n) is 12.0. The number of rotatable bonds is 4. The average Bonchev–Trinajstić information content (AvgIpc) is 2.89. The zero-order chi connectivity index (χ0) is 15.6. The monoisotopic (exact) mass is 294 g/mol. The second-order valence-electron chi connectivity index (χ2n) is 4.98. The van der Waals surface area contributed by atoms with E-state index in [1.807, 2.05) is 0 Å². The third-order valence-electron chi connectivity index (χ3n) is 3.65. The predicted molar refractivity (Wildman–Crippen MR) is 74.6 cm³/mol. The maximum absolute atomic E-state index is 12.5. The zero-order valence-corrected chi connectivity index (χ0v) is 12.0. The van der Waals surface area contributed by atoms with Crippen molar-refractivity contribution in [3.63, 3.8) is 0 Å². The number of carbonyl (C=O) groups excluding carboxylic acids is 1. The fourth-order valence-electron chi connectivity index (χ4n) is 2.41. The summed E-state index contributed by atoms with van der Waals surface area (Å²) < 4.78 is 10.4. The number of nitrogens with two attached hydrogens (primary N) is 1. The molecule has 1 heterocycles. The lowest BCUT2D eigenvalue weighted by Crippen LogP contribution is -2.50. The van der Waals surface area contributed by atoms with Gasteiger partial charge in [0.2, 0.25) is 0 Å². The average molecular weight is 294 g/mol. The Kier molecular flexibility index (Phi) is 4.04. The number of carbonyl (C=O) groups is 2. The summed E-state index contributed by atoms with van der Waals surface area (Å²) in [6.07, 6.45) is 0.223. The minimum atomic E-state index is -1.39. The summed E-state index contributed by atoms with van der Waals surface area (Å²) in [5.41, 5.74) is 4.72. The highest BCUT2D eigenvalue weighted by Gasteiger charge is 2.43. The molecule has 0 bridgehead atoms. The SMILES string of the molecule is COc1cccc(C(=O)N2CCC(N)(C(=O)O)C2)c1OC. The Balaban J connectivity index is 2.28. The maximum atomic E-state index is 12.5. The van der Waals surface area contributed by atoms with Crippen LogP contribution in [0, 0.1) is 0 Å². The molecule has 3 N–H and O–H groups in total. The fraction of sp³-hybridized carbons (Fsp3) is 0.429. The molecule has 114 valence electrons. The number of hydrogen-bond acceptors (Lipinski definition) is 5. The molecule has 1 fully saturated rings. The minimum absolute atomic E-state index is 0.0263. The molecular formula is C14H18N2O5. The Morgan fingerprint density at radius 2 is 2.05 bits per heavy atom. The number of nitrogens with zero attached hydrogens (tertiary/aromatic N) is 1. The molecule has 1 unspecified atom stereocenters. The van der Waals surface area contributed by atoms with Crippen LogP contribution < -0.4 is 15.2 Å². The van der Waals surface area contributed by atoms with E-state index in [-0.39, 0.29) is 18.9 Å².